The summed E-state index contributed by atoms with van der Waals surface area (Å²) in [5.74, 6) is -0.542. The van der Waals surface area contributed by atoms with Crippen LogP contribution in [0.15, 0.2) is 43.0 Å². The maximum absolute atomic E-state index is 14.5. The molecule has 2 aliphatic rings. The zero-order chi connectivity index (χ0) is 22.5. The van der Waals surface area contributed by atoms with Crippen molar-refractivity contribution in [3.63, 3.8) is 0 Å². The number of carbonyl (C=O) groups excluding carboxylic acids is 1. The Hall–Kier alpha value is -3.57. The Kier molecular flexibility index (Phi) is 4.79. The minimum Gasteiger partial charge on any atom is -0.364 e. The van der Waals surface area contributed by atoms with E-state index in [1.165, 1.54) is 30.6 Å². The summed E-state index contributed by atoms with van der Waals surface area (Å²) in [5, 5.41) is 11.0. The number of piperidine rings is 1. The van der Waals surface area contributed by atoms with Crippen LogP contribution in [0.4, 0.5) is 23.4 Å². The van der Waals surface area contributed by atoms with E-state index in [-0.39, 0.29) is 41.0 Å². The lowest BCUT2D eigenvalue weighted by molar-refractivity contribution is -0.141. The van der Waals surface area contributed by atoms with E-state index in [0.29, 0.717) is 12.7 Å². The molecule has 0 radical (unpaired) electrons. The number of aromatic nitrogens is 5. The van der Waals surface area contributed by atoms with Crippen LogP contribution in [0.2, 0.25) is 0 Å². The number of anilines is 1. The average molecular weight is 447 g/mol. The topological polar surface area (TPSA) is 88.8 Å². The first-order chi connectivity index (χ1) is 15.3. The monoisotopic (exact) mass is 447 g/mol. The normalized spacial score (nSPS) is 22.4. The number of hydrogen-bond donors (Lipinski definition) is 1. The van der Waals surface area contributed by atoms with Gasteiger partial charge < -0.3 is 10.2 Å². The van der Waals surface area contributed by atoms with Gasteiger partial charge in [0.1, 0.15) is 11.5 Å². The van der Waals surface area contributed by atoms with Crippen LogP contribution in [0.5, 0.6) is 0 Å². The maximum Gasteiger partial charge on any atom is 0.434 e. The van der Waals surface area contributed by atoms with Crippen molar-refractivity contribution in [2.45, 2.75) is 31.1 Å². The van der Waals surface area contributed by atoms with Crippen LogP contribution in [0, 0.1) is 11.7 Å². The molecule has 3 heterocycles. The molecule has 3 atom stereocenters. The standard InChI is InChI=1S/C20H17F4N7O/c21-13-3-1-2-12(18(13)31-27-4-5-28-31)19(32)30-10-11-6-14(15(30)7-11)29-17-9-25-16(8-26-17)20(22,23)24/h1-5,8-9,11,14-15H,6-7,10H2,(H,26,29)/t11-,14-,15+/m1/s1. The van der Waals surface area contributed by atoms with E-state index < -0.39 is 17.7 Å². The van der Waals surface area contributed by atoms with Crippen LogP contribution in [0.3, 0.4) is 0 Å². The van der Waals surface area contributed by atoms with Gasteiger partial charge in [0.25, 0.3) is 5.91 Å². The molecule has 1 aliphatic heterocycles. The van der Waals surface area contributed by atoms with Crippen molar-refractivity contribution in [3.8, 4) is 5.69 Å². The van der Waals surface area contributed by atoms with Crippen molar-refractivity contribution in [3.05, 3.63) is 60.1 Å². The smallest absolute Gasteiger partial charge is 0.364 e. The SMILES string of the molecule is O=C(c1cccc(F)c1-n1nccn1)N1C[C@@H]2C[C@@H](Nc3cnc(C(F)(F)F)cn3)[C@@H]1C2. The van der Waals surface area contributed by atoms with Gasteiger partial charge in [0.15, 0.2) is 11.5 Å². The molecule has 2 bridgehead atoms. The molecule has 1 aromatic carbocycles. The molecule has 1 saturated heterocycles. The highest BCUT2D eigenvalue weighted by molar-refractivity contribution is 5.98. The lowest BCUT2D eigenvalue weighted by Crippen LogP contribution is -2.48. The number of nitrogens with zero attached hydrogens (tertiary/aromatic N) is 6. The molecule has 8 nitrogen and oxygen atoms in total. The van der Waals surface area contributed by atoms with Crippen LogP contribution < -0.4 is 5.32 Å². The number of likely N-dealkylation sites (tertiary alicyclic amines) is 1. The minimum absolute atomic E-state index is 0.0246. The van der Waals surface area contributed by atoms with Gasteiger partial charge in [-0.25, -0.2) is 14.4 Å². The fourth-order valence-corrected chi connectivity index (χ4v) is 4.53. The maximum atomic E-state index is 14.5. The summed E-state index contributed by atoms with van der Waals surface area (Å²) in [6.07, 6.45) is 1.42. The van der Waals surface area contributed by atoms with E-state index in [1.54, 1.807) is 4.90 Å². The number of halogens is 4. The van der Waals surface area contributed by atoms with E-state index in [9.17, 15) is 22.4 Å². The summed E-state index contributed by atoms with van der Waals surface area (Å²) >= 11 is 0. The van der Waals surface area contributed by atoms with E-state index in [2.05, 4.69) is 25.5 Å². The molecule has 2 aromatic heterocycles. The van der Waals surface area contributed by atoms with Crippen LogP contribution in [-0.2, 0) is 6.18 Å². The molecule has 0 spiro atoms. The Balaban J connectivity index is 1.37. The Bertz CT molecular complexity index is 1130. The molecule has 1 saturated carbocycles. The number of carbonyl (C=O) groups is 1. The number of alkyl halides is 3. The molecule has 2 fully saturated rings. The second-order valence-electron chi connectivity index (χ2n) is 7.85. The van der Waals surface area contributed by atoms with Crippen molar-refractivity contribution in [1.82, 2.24) is 29.9 Å². The second kappa shape index (κ2) is 7.53. The van der Waals surface area contributed by atoms with Gasteiger partial charge in [0.2, 0.25) is 0 Å². The summed E-state index contributed by atoms with van der Waals surface area (Å²) in [6.45, 7) is 0.517. The molecular formula is C20H17F4N7O. The van der Waals surface area contributed by atoms with Crippen LogP contribution in [0.1, 0.15) is 28.9 Å². The molecule has 1 aliphatic carbocycles. The molecular weight excluding hydrogens is 430 g/mol. The molecule has 3 aromatic rings. The summed E-state index contributed by atoms with van der Waals surface area (Å²) in [4.78, 5) is 23.3. The van der Waals surface area contributed by atoms with E-state index in [1.807, 2.05) is 0 Å². The first-order valence-electron chi connectivity index (χ1n) is 9.93. The van der Waals surface area contributed by atoms with E-state index in [4.69, 9.17) is 0 Å². The zero-order valence-corrected chi connectivity index (χ0v) is 16.5. The van der Waals surface area contributed by atoms with Crippen molar-refractivity contribution >= 4 is 11.7 Å². The molecule has 32 heavy (non-hydrogen) atoms. The highest BCUT2D eigenvalue weighted by Crippen LogP contribution is 2.40. The average Bonchev–Trinajstić information content (AvgIpc) is 3.50. The fourth-order valence-electron chi connectivity index (χ4n) is 4.53. The summed E-state index contributed by atoms with van der Waals surface area (Å²) in [7, 11) is 0. The Morgan fingerprint density at radius 1 is 1.09 bits per heavy atom. The third-order valence-electron chi connectivity index (χ3n) is 5.85. The highest BCUT2D eigenvalue weighted by atomic mass is 19.4. The van der Waals surface area contributed by atoms with Gasteiger partial charge in [-0.05, 0) is 30.9 Å². The van der Waals surface area contributed by atoms with Gasteiger partial charge in [-0.2, -0.15) is 23.4 Å². The zero-order valence-electron chi connectivity index (χ0n) is 16.5. The number of rotatable bonds is 4. The van der Waals surface area contributed by atoms with Gasteiger partial charge in [-0.3, -0.25) is 4.79 Å². The first kappa shape index (κ1) is 20.3. The van der Waals surface area contributed by atoms with Crippen molar-refractivity contribution in [2.24, 2.45) is 5.92 Å². The predicted molar refractivity (Wildman–Crippen MR) is 103 cm³/mol. The first-order valence-corrected chi connectivity index (χ1v) is 9.93. The van der Waals surface area contributed by atoms with Crippen LogP contribution in [-0.4, -0.2) is 54.4 Å². The number of benzene rings is 1. The summed E-state index contributed by atoms with van der Waals surface area (Å²) < 4.78 is 52.7. The molecule has 0 unspecified atom stereocenters. The van der Waals surface area contributed by atoms with Crippen molar-refractivity contribution in [1.29, 1.82) is 0 Å². The van der Waals surface area contributed by atoms with Crippen molar-refractivity contribution < 1.29 is 22.4 Å². The number of para-hydroxylation sites is 1. The number of nitrogens with one attached hydrogen (secondary N) is 1. The largest absolute Gasteiger partial charge is 0.434 e. The molecule has 1 N–H and O–H groups in total. The number of amides is 1. The quantitative estimate of drug-likeness (QED) is 0.619. The lowest BCUT2D eigenvalue weighted by atomic mass is 10.0. The van der Waals surface area contributed by atoms with E-state index in [0.717, 1.165) is 23.8 Å². The number of fused-ring (bicyclic) bond motifs is 2. The van der Waals surface area contributed by atoms with Gasteiger partial charge in [-0.15, -0.1) is 4.80 Å². The Morgan fingerprint density at radius 3 is 2.53 bits per heavy atom. The third-order valence-corrected chi connectivity index (χ3v) is 5.85. The second-order valence-corrected chi connectivity index (χ2v) is 7.85. The lowest BCUT2D eigenvalue weighted by Gasteiger charge is -2.34. The predicted octanol–water partition coefficient (Wildman–Crippen LogP) is 2.93. The Morgan fingerprint density at radius 2 is 1.88 bits per heavy atom. The third kappa shape index (κ3) is 3.55. The molecule has 12 heteroatoms. The van der Waals surface area contributed by atoms with Crippen LogP contribution >= 0.6 is 0 Å². The minimum atomic E-state index is -4.56. The Labute approximate surface area is 179 Å². The highest BCUT2D eigenvalue weighted by Gasteiger charge is 2.47. The van der Waals surface area contributed by atoms with Gasteiger partial charge in [0.05, 0.1) is 36.4 Å². The summed E-state index contributed by atoms with van der Waals surface area (Å²) in [6, 6.07) is 3.80. The van der Waals surface area contributed by atoms with Crippen molar-refractivity contribution in [2.75, 3.05) is 11.9 Å². The van der Waals surface area contributed by atoms with Gasteiger partial charge in [-0.1, -0.05) is 6.07 Å². The molecule has 5 rings (SSSR count). The molecule has 1 amide bonds. The van der Waals surface area contributed by atoms with E-state index >= 15 is 0 Å². The number of hydrogen-bond acceptors (Lipinski definition) is 6. The van der Waals surface area contributed by atoms with Gasteiger partial charge in [0, 0.05) is 12.6 Å². The summed E-state index contributed by atoms with van der Waals surface area (Å²) in [5.41, 5.74) is -0.955. The van der Waals surface area contributed by atoms with Gasteiger partial charge >= 0.3 is 6.18 Å². The molecule has 166 valence electrons. The fraction of sp³-hybridized carbons (Fsp3) is 0.350. The van der Waals surface area contributed by atoms with Crippen LogP contribution in [0.25, 0.3) is 5.69 Å².